The molecule has 1 saturated heterocycles. The van der Waals surface area contributed by atoms with E-state index in [1.165, 1.54) is 6.07 Å². The van der Waals surface area contributed by atoms with E-state index in [4.69, 9.17) is 4.74 Å². The number of anilines is 1. The third kappa shape index (κ3) is 3.17. The molecule has 2 heterocycles. The summed E-state index contributed by atoms with van der Waals surface area (Å²) < 4.78 is 32.9. The molecule has 2 N–H and O–H groups in total. The van der Waals surface area contributed by atoms with Crippen LogP contribution in [0.3, 0.4) is 0 Å². The number of allylic oxidation sites excluding steroid dienone is 1. The number of fused-ring (bicyclic) bond motifs is 1. The molecule has 0 aromatic heterocycles. The average molecular weight is 336 g/mol. The molecule has 1 fully saturated rings. The Morgan fingerprint density at radius 2 is 2.17 bits per heavy atom. The quantitative estimate of drug-likeness (QED) is 0.822. The van der Waals surface area contributed by atoms with Crippen LogP contribution in [0, 0.1) is 0 Å². The zero-order valence-electron chi connectivity index (χ0n) is 13.2. The van der Waals surface area contributed by atoms with Gasteiger partial charge in [0.25, 0.3) is 5.91 Å². The molecule has 0 radical (unpaired) electrons. The Balaban J connectivity index is 1.87. The van der Waals surface area contributed by atoms with Crippen molar-refractivity contribution in [1.29, 1.82) is 0 Å². The lowest BCUT2D eigenvalue weighted by atomic mass is 10.0. The van der Waals surface area contributed by atoms with Crippen LogP contribution >= 0.6 is 0 Å². The second-order valence-corrected chi connectivity index (χ2v) is 7.79. The summed E-state index contributed by atoms with van der Waals surface area (Å²) in [6.07, 6.45) is 1.77. The van der Waals surface area contributed by atoms with Gasteiger partial charge < -0.3 is 10.1 Å². The van der Waals surface area contributed by atoms with Gasteiger partial charge in [-0.2, -0.15) is 0 Å². The molecular weight excluding hydrogens is 316 g/mol. The normalized spacial score (nSPS) is 20.5. The average Bonchev–Trinajstić information content (AvgIpc) is 3.10. The van der Waals surface area contributed by atoms with Gasteiger partial charge in [0.1, 0.15) is 0 Å². The third-order valence-corrected chi connectivity index (χ3v) is 5.49. The monoisotopic (exact) mass is 336 g/mol. The van der Waals surface area contributed by atoms with E-state index in [0.29, 0.717) is 23.4 Å². The first-order chi connectivity index (χ1) is 10.9. The number of nitrogens with one attached hydrogen (secondary N) is 2. The van der Waals surface area contributed by atoms with Crippen LogP contribution < -0.4 is 10.0 Å². The second kappa shape index (κ2) is 6.07. The summed E-state index contributed by atoms with van der Waals surface area (Å²) in [5, 5.41) is 2.75. The Morgan fingerprint density at radius 1 is 1.39 bits per heavy atom. The highest BCUT2D eigenvalue weighted by Crippen LogP contribution is 2.35. The van der Waals surface area contributed by atoms with Crippen molar-refractivity contribution in [2.75, 3.05) is 18.5 Å². The van der Waals surface area contributed by atoms with E-state index in [1.54, 1.807) is 12.1 Å². The molecule has 2 aliphatic heterocycles. The van der Waals surface area contributed by atoms with Gasteiger partial charge >= 0.3 is 0 Å². The van der Waals surface area contributed by atoms with Crippen LogP contribution in [0.1, 0.15) is 32.3 Å². The molecule has 3 rings (SSSR count). The van der Waals surface area contributed by atoms with Gasteiger partial charge in [0, 0.05) is 30.0 Å². The molecule has 124 valence electrons. The molecule has 0 aliphatic carbocycles. The van der Waals surface area contributed by atoms with Gasteiger partial charge in [-0.05, 0) is 44.9 Å². The first-order valence-electron chi connectivity index (χ1n) is 7.63. The van der Waals surface area contributed by atoms with Crippen molar-refractivity contribution >= 4 is 27.2 Å². The van der Waals surface area contributed by atoms with Crippen molar-refractivity contribution in [3.63, 3.8) is 0 Å². The Hall–Kier alpha value is -1.70. The topological polar surface area (TPSA) is 84.5 Å². The summed E-state index contributed by atoms with van der Waals surface area (Å²) in [5.74, 6) is -0.193. The largest absolute Gasteiger partial charge is 0.377 e. The van der Waals surface area contributed by atoms with Crippen LogP contribution in [0.25, 0.3) is 5.57 Å². The molecule has 6 nitrogen and oxygen atoms in total. The Labute approximate surface area is 136 Å². The highest BCUT2D eigenvalue weighted by Gasteiger charge is 2.28. The number of sulfonamides is 1. The number of hydrogen-bond acceptors (Lipinski definition) is 4. The molecule has 2 aliphatic rings. The fourth-order valence-corrected chi connectivity index (χ4v) is 3.99. The summed E-state index contributed by atoms with van der Waals surface area (Å²) in [4.78, 5) is 12.1. The predicted octanol–water partition coefficient (Wildman–Crippen LogP) is 1.89. The van der Waals surface area contributed by atoms with Crippen LogP contribution in [0.5, 0.6) is 0 Å². The molecule has 1 aromatic carbocycles. The van der Waals surface area contributed by atoms with Gasteiger partial charge in [0.15, 0.2) is 0 Å². The molecule has 7 heteroatoms. The minimum atomic E-state index is -3.63. The number of rotatable bonds is 4. The highest BCUT2D eigenvalue weighted by atomic mass is 32.2. The van der Waals surface area contributed by atoms with Gasteiger partial charge in [-0.25, -0.2) is 13.1 Å². The smallest absolute Gasteiger partial charge is 0.256 e. The van der Waals surface area contributed by atoms with Gasteiger partial charge in [-0.15, -0.1) is 0 Å². The molecule has 23 heavy (non-hydrogen) atoms. The number of benzene rings is 1. The van der Waals surface area contributed by atoms with Crippen molar-refractivity contribution in [2.24, 2.45) is 0 Å². The fourth-order valence-electron chi connectivity index (χ4n) is 2.90. The van der Waals surface area contributed by atoms with Crippen molar-refractivity contribution in [3.05, 3.63) is 29.3 Å². The fraction of sp³-hybridized carbons (Fsp3) is 0.438. The summed E-state index contributed by atoms with van der Waals surface area (Å²) in [7, 11) is -3.63. The van der Waals surface area contributed by atoms with E-state index in [2.05, 4.69) is 10.0 Å². The molecule has 0 bridgehead atoms. The maximum absolute atomic E-state index is 12.5. The minimum absolute atomic E-state index is 0.0595. The van der Waals surface area contributed by atoms with E-state index in [0.717, 1.165) is 18.4 Å². The predicted molar refractivity (Wildman–Crippen MR) is 87.5 cm³/mol. The summed E-state index contributed by atoms with van der Waals surface area (Å²) in [6, 6.07) is 4.68. The van der Waals surface area contributed by atoms with Crippen molar-refractivity contribution in [3.8, 4) is 0 Å². The maximum atomic E-state index is 12.5. The Bertz CT molecular complexity index is 773. The lowest BCUT2D eigenvalue weighted by molar-refractivity contribution is -0.110. The minimum Gasteiger partial charge on any atom is -0.377 e. The van der Waals surface area contributed by atoms with Crippen molar-refractivity contribution in [1.82, 2.24) is 4.72 Å². The number of amides is 1. The third-order valence-electron chi connectivity index (χ3n) is 4.07. The SMILES string of the molecule is CC(C)=C1C(=O)Nc2ccc(S(=O)(=O)NC[C@@H]3CCCO3)cc21. The first kappa shape index (κ1) is 16.2. The maximum Gasteiger partial charge on any atom is 0.256 e. The van der Waals surface area contributed by atoms with E-state index in [9.17, 15) is 13.2 Å². The number of hydrogen-bond donors (Lipinski definition) is 2. The van der Waals surface area contributed by atoms with E-state index in [1.807, 2.05) is 13.8 Å². The Kier molecular flexibility index (Phi) is 4.27. The van der Waals surface area contributed by atoms with E-state index in [-0.39, 0.29) is 23.5 Å². The van der Waals surface area contributed by atoms with Crippen LogP contribution in [0.15, 0.2) is 28.7 Å². The summed E-state index contributed by atoms with van der Waals surface area (Å²) in [5.41, 5.74) is 2.67. The highest BCUT2D eigenvalue weighted by molar-refractivity contribution is 7.89. The lowest BCUT2D eigenvalue weighted by Crippen LogP contribution is -2.31. The molecule has 0 saturated carbocycles. The van der Waals surface area contributed by atoms with Crippen LogP contribution in [-0.4, -0.2) is 33.6 Å². The van der Waals surface area contributed by atoms with Gasteiger partial charge in [-0.1, -0.05) is 5.57 Å². The van der Waals surface area contributed by atoms with Gasteiger partial charge in [0.2, 0.25) is 10.0 Å². The van der Waals surface area contributed by atoms with Crippen LogP contribution in [0.2, 0.25) is 0 Å². The lowest BCUT2D eigenvalue weighted by Gasteiger charge is -2.12. The van der Waals surface area contributed by atoms with Crippen molar-refractivity contribution in [2.45, 2.75) is 37.7 Å². The zero-order valence-corrected chi connectivity index (χ0v) is 14.0. The zero-order chi connectivity index (χ0) is 16.6. The standard InChI is InChI=1S/C16H20N2O4S/c1-10(2)15-13-8-12(5-6-14(13)18-16(15)19)23(20,21)17-9-11-4-3-7-22-11/h5-6,8,11,17H,3-4,7,9H2,1-2H3,(H,18,19)/t11-/m0/s1. The molecule has 1 amide bonds. The molecule has 0 unspecified atom stereocenters. The summed E-state index contributed by atoms with van der Waals surface area (Å²) >= 11 is 0. The molecule has 1 atom stereocenters. The number of ether oxygens (including phenoxy) is 1. The number of carbonyl (C=O) groups excluding carboxylic acids is 1. The summed E-state index contributed by atoms with van der Waals surface area (Å²) in [6.45, 7) is 4.62. The van der Waals surface area contributed by atoms with E-state index < -0.39 is 10.0 Å². The van der Waals surface area contributed by atoms with Crippen molar-refractivity contribution < 1.29 is 17.9 Å². The van der Waals surface area contributed by atoms with Crippen LogP contribution in [0.4, 0.5) is 5.69 Å². The molecule has 1 aromatic rings. The van der Waals surface area contributed by atoms with Gasteiger partial charge in [-0.3, -0.25) is 4.79 Å². The second-order valence-electron chi connectivity index (χ2n) is 6.02. The van der Waals surface area contributed by atoms with Gasteiger partial charge in [0.05, 0.1) is 11.0 Å². The Morgan fingerprint density at radius 3 is 2.83 bits per heavy atom. The van der Waals surface area contributed by atoms with E-state index >= 15 is 0 Å². The molecule has 0 spiro atoms. The number of carbonyl (C=O) groups is 1. The first-order valence-corrected chi connectivity index (χ1v) is 9.11. The van der Waals surface area contributed by atoms with Crippen LogP contribution in [-0.2, 0) is 19.6 Å². The molecular formula is C16H20N2O4S.